The van der Waals surface area contributed by atoms with Crippen molar-refractivity contribution in [2.24, 2.45) is 35.5 Å². The highest BCUT2D eigenvalue weighted by atomic mass is 16.5. The third-order valence-electron chi connectivity index (χ3n) is 5.58. The second-order valence-electron chi connectivity index (χ2n) is 8.29. The molecule has 0 aromatic heterocycles. The molecule has 0 bridgehead atoms. The van der Waals surface area contributed by atoms with Crippen LogP contribution in [0.25, 0.3) is 0 Å². The predicted octanol–water partition coefficient (Wildman–Crippen LogP) is 4.85. The maximum Gasteiger partial charge on any atom is 0.308 e. The maximum absolute atomic E-state index is 12.3. The van der Waals surface area contributed by atoms with E-state index in [0.29, 0.717) is 43.3 Å². The van der Waals surface area contributed by atoms with Crippen molar-refractivity contribution in [2.75, 3.05) is 13.2 Å². The van der Waals surface area contributed by atoms with Crippen molar-refractivity contribution in [3.05, 3.63) is 0 Å². The molecule has 0 radical (unpaired) electrons. The van der Waals surface area contributed by atoms with Crippen LogP contribution >= 0.6 is 0 Å². The van der Waals surface area contributed by atoms with E-state index in [1.54, 1.807) is 0 Å². The van der Waals surface area contributed by atoms with Crippen molar-refractivity contribution in [1.29, 1.82) is 0 Å². The molecule has 0 aromatic carbocycles. The van der Waals surface area contributed by atoms with E-state index in [9.17, 15) is 9.59 Å². The van der Waals surface area contributed by atoms with E-state index in [1.807, 2.05) is 20.8 Å². The number of esters is 2. The molecule has 1 aliphatic carbocycles. The van der Waals surface area contributed by atoms with Crippen molar-refractivity contribution >= 4 is 11.9 Å². The summed E-state index contributed by atoms with van der Waals surface area (Å²) >= 11 is 0. The van der Waals surface area contributed by atoms with Gasteiger partial charge in [-0.2, -0.15) is 0 Å². The van der Waals surface area contributed by atoms with Gasteiger partial charge >= 0.3 is 11.9 Å². The van der Waals surface area contributed by atoms with Crippen molar-refractivity contribution < 1.29 is 19.1 Å². The highest BCUT2D eigenvalue weighted by molar-refractivity contribution is 5.72. The van der Waals surface area contributed by atoms with Gasteiger partial charge in [0.25, 0.3) is 0 Å². The van der Waals surface area contributed by atoms with Gasteiger partial charge in [0.1, 0.15) is 0 Å². The molecule has 1 rings (SSSR count). The third kappa shape index (κ3) is 7.79. The summed E-state index contributed by atoms with van der Waals surface area (Å²) < 4.78 is 11.1. The second kappa shape index (κ2) is 10.8. The quantitative estimate of drug-likeness (QED) is 0.470. The summed E-state index contributed by atoms with van der Waals surface area (Å²) in [4.78, 5) is 24.1. The average molecular weight is 355 g/mol. The van der Waals surface area contributed by atoms with Crippen LogP contribution in [-0.4, -0.2) is 25.2 Å². The molecule has 0 N–H and O–H groups in total. The van der Waals surface area contributed by atoms with Crippen molar-refractivity contribution in [1.82, 2.24) is 0 Å². The number of hydrogen-bond acceptors (Lipinski definition) is 4. The van der Waals surface area contributed by atoms with Crippen LogP contribution in [0.3, 0.4) is 0 Å². The molecule has 25 heavy (non-hydrogen) atoms. The lowest BCUT2D eigenvalue weighted by atomic mass is 9.94. The van der Waals surface area contributed by atoms with Gasteiger partial charge in [0, 0.05) is 12.3 Å². The Morgan fingerprint density at radius 2 is 1.68 bits per heavy atom. The molecule has 0 aliphatic heterocycles. The van der Waals surface area contributed by atoms with Crippen LogP contribution in [0.5, 0.6) is 0 Å². The first-order chi connectivity index (χ1) is 11.8. The molecule has 0 heterocycles. The Labute approximate surface area is 154 Å². The van der Waals surface area contributed by atoms with Crippen LogP contribution in [0.4, 0.5) is 0 Å². The molecule has 0 saturated heterocycles. The fourth-order valence-electron chi connectivity index (χ4n) is 3.35. The zero-order chi connectivity index (χ0) is 19.0. The number of carbonyl (C=O) groups excluding carboxylic acids is 2. The van der Waals surface area contributed by atoms with Crippen molar-refractivity contribution in [2.45, 2.75) is 73.6 Å². The maximum atomic E-state index is 12.3. The topological polar surface area (TPSA) is 52.6 Å². The van der Waals surface area contributed by atoms with Crippen LogP contribution < -0.4 is 0 Å². The second-order valence-corrected chi connectivity index (χ2v) is 8.29. The summed E-state index contributed by atoms with van der Waals surface area (Å²) in [6, 6.07) is 0. The van der Waals surface area contributed by atoms with Gasteiger partial charge in [-0.25, -0.2) is 0 Å². The van der Waals surface area contributed by atoms with Crippen LogP contribution in [0, 0.1) is 35.5 Å². The van der Waals surface area contributed by atoms with Gasteiger partial charge < -0.3 is 9.47 Å². The monoisotopic (exact) mass is 354 g/mol. The number of ether oxygens (including phenoxy) is 2. The van der Waals surface area contributed by atoms with E-state index in [4.69, 9.17) is 9.47 Å². The normalized spacial score (nSPS) is 23.0. The first-order valence-electron chi connectivity index (χ1n) is 10.1. The average Bonchev–Trinajstić information content (AvgIpc) is 3.31. The van der Waals surface area contributed by atoms with Crippen LogP contribution in [0.15, 0.2) is 0 Å². The first-order valence-corrected chi connectivity index (χ1v) is 10.1. The van der Waals surface area contributed by atoms with E-state index >= 15 is 0 Å². The molecule has 5 atom stereocenters. The number of hydrogen-bond donors (Lipinski definition) is 0. The molecule has 0 amide bonds. The molecule has 0 spiro atoms. The van der Waals surface area contributed by atoms with Gasteiger partial charge in [-0.05, 0) is 30.1 Å². The fourth-order valence-corrected chi connectivity index (χ4v) is 3.35. The van der Waals surface area contributed by atoms with Gasteiger partial charge in [-0.1, -0.05) is 60.8 Å². The highest BCUT2D eigenvalue weighted by Crippen LogP contribution is 2.47. The highest BCUT2D eigenvalue weighted by Gasteiger charge is 2.43. The summed E-state index contributed by atoms with van der Waals surface area (Å²) in [6.45, 7) is 13.1. The summed E-state index contributed by atoms with van der Waals surface area (Å²) in [5, 5.41) is 0. The standard InChI is InChI=1S/C21H38O4/c1-7-9-17-11-19(17)18(12-24-20(22)10-14(3)4)13-25-21(23)16(6)15(5)8-2/h14-19H,7-13H2,1-6H3. The van der Waals surface area contributed by atoms with Gasteiger partial charge in [0.05, 0.1) is 19.1 Å². The number of carbonyl (C=O) groups is 2. The smallest absolute Gasteiger partial charge is 0.308 e. The first kappa shape index (κ1) is 22.0. The van der Waals surface area contributed by atoms with Crippen LogP contribution in [0.1, 0.15) is 73.6 Å². The summed E-state index contributed by atoms with van der Waals surface area (Å²) in [5.41, 5.74) is 0. The minimum absolute atomic E-state index is 0.0835. The van der Waals surface area contributed by atoms with Crippen LogP contribution in [0.2, 0.25) is 0 Å². The van der Waals surface area contributed by atoms with Crippen molar-refractivity contribution in [3.63, 3.8) is 0 Å². The lowest BCUT2D eigenvalue weighted by Gasteiger charge is -2.21. The summed E-state index contributed by atoms with van der Waals surface area (Å²) in [5.74, 6) is 1.63. The minimum atomic E-state index is -0.146. The molecule has 1 fully saturated rings. The summed E-state index contributed by atoms with van der Waals surface area (Å²) in [7, 11) is 0. The van der Waals surface area contributed by atoms with Crippen LogP contribution in [-0.2, 0) is 19.1 Å². The minimum Gasteiger partial charge on any atom is -0.465 e. The van der Waals surface area contributed by atoms with E-state index in [0.717, 1.165) is 6.42 Å². The summed E-state index contributed by atoms with van der Waals surface area (Å²) in [6.07, 6.45) is 4.96. The van der Waals surface area contributed by atoms with Crippen molar-refractivity contribution in [3.8, 4) is 0 Å². The van der Waals surface area contributed by atoms with E-state index in [2.05, 4.69) is 20.8 Å². The molecule has 1 saturated carbocycles. The van der Waals surface area contributed by atoms with Gasteiger partial charge in [-0.3, -0.25) is 9.59 Å². The Morgan fingerprint density at radius 3 is 2.24 bits per heavy atom. The zero-order valence-electron chi connectivity index (χ0n) is 17.0. The van der Waals surface area contributed by atoms with Gasteiger partial charge in [0.15, 0.2) is 0 Å². The molecule has 5 unspecified atom stereocenters. The zero-order valence-corrected chi connectivity index (χ0v) is 17.0. The molecular formula is C21H38O4. The SMILES string of the molecule is CCCC1CC1C(COC(=O)CC(C)C)COC(=O)C(C)C(C)CC. The largest absolute Gasteiger partial charge is 0.465 e. The Morgan fingerprint density at radius 1 is 1.04 bits per heavy atom. The predicted molar refractivity (Wildman–Crippen MR) is 100.0 cm³/mol. The Bertz CT molecular complexity index is 418. The Hall–Kier alpha value is -1.06. The number of rotatable bonds is 12. The van der Waals surface area contributed by atoms with E-state index in [1.165, 1.54) is 19.3 Å². The molecule has 146 valence electrons. The molecule has 4 heteroatoms. The van der Waals surface area contributed by atoms with Gasteiger partial charge in [0.2, 0.25) is 0 Å². The van der Waals surface area contributed by atoms with E-state index < -0.39 is 0 Å². The molecule has 0 aromatic rings. The molecule has 1 aliphatic rings. The van der Waals surface area contributed by atoms with E-state index in [-0.39, 0.29) is 23.8 Å². The Kier molecular flexibility index (Phi) is 9.52. The van der Waals surface area contributed by atoms with Gasteiger partial charge in [-0.15, -0.1) is 0 Å². The fraction of sp³-hybridized carbons (Fsp3) is 0.905. The molecule has 4 nitrogen and oxygen atoms in total. The lowest BCUT2D eigenvalue weighted by molar-refractivity contribution is -0.153. The third-order valence-corrected chi connectivity index (χ3v) is 5.58. The molecular weight excluding hydrogens is 316 g/mol. The Balaban J connectivity index is 2.51. The lowest BCUT2D eigenvalue weighted by Crippen LogP contribution is -2.27.